The molecule has 0 aliphatic carbocycles. The normalized spacial score (nSPS) is 16.8. The zero-order valence-corrected chi connectivity index (χ0v) is 55.3. The van der Waals surface area contributed by atoms with Gasteiger partial charge in [-0.15, -0.1) is 0 Å². The van der Waals surface area contributed by atoms with Gasteiger partial charge in [-0.3, -0.25) is 67.3 Å². The minimum Gasteiger partial charge on any atom is -0.370 e. The van der Waals surface area contributed by atoms with Gasteiger partial charge >= 0.3 is 0 Å². The highest BCUT2D eigenvalue weighted by molar-refractivity contribution is 7.98. The second-order valence-corrected chi connectivity index (χ2v) is 25.1. The van der Waals surface area contributed by atoms with Crippen molar-refractivity contribution in [1.29, 1.82) is 0 Å². The SMILES string of the molecule is CSCC[C@H](NC(=O)[C@@H](CC(C)C)NC(=O)CNC(=O)[C@H](Cc1ccccc1)NC(=O)[C@@H](Cc1ccccc1)NC(=O)[C@H](CCC(N)=O)NC(=O)[C@@H](CCC(N)=O)NC(=O)[C@H]1CCCN1C(=O)[C@@H](CCCCN)NC(=O)[C@@H]1CCCN1C(=O)[C@@H](N)CCCN=C(N)N)C(N)=O. The van der Waals surface area contributed by atoms with Gasteiger partial charge < -0.3 is 92.5 Å². The summed E-state index contributed by atoms with van der Waals surface area (Å²) in [4.78, 5) is 185. The molecule has 13 amide bonds. The van der Waals surface area contributed by atoms with Crippen LogP contribution in [0, 0.1) is 5.92 Å². The number of carbonyl (C=O) groups is 13. The minimum absolute atomic E-state index is 0.0736. The van der Waals surface area contributed by atoms with Crippen LogP contribution in [0.4, 0.5) is 0 Å². The first kappa shape index (κ1) is 78.5. The predicted molar refractivity (Wildman–Crippen MR) is 356 cm³/mol. The van der Waals surface area contributed by atoms with Crippen LogP contribution in [0.2, 0.25) is 0 Å². The summed E-state index contributed by atoms with van der Waals surface area (Å²) in [6, 6.07) is 4.51. The van der Waals surface area contributed by atoms with E-state index in [2.05, 4.69) is 47.5 Å². The Kier molecular flexibility index (Phi) is 33.9. The Morgan fingerprint density at radius 1 is 0.537 bits per heavy atom. The van der Waals surface area contributed by atoms with E-state index in [4.69, 9.17) is 40.1 Å². The lowest BCUT2D eigenvalue weighted by Gasteiger charge is -2.32. The maximum Gasteiger partial charge on any atom is 0.245 e. The Balaban J connectivity index is 1.56. The number of amides is 13. The molecule has 2 saturated heterocycles. The third kappa shape index (κ3) is 27.5. The van der Waals surface area contributed by atoms with E-state index in [1.165, 1.54) is 21.6 Å². The summed E-state index contributed by atoms with van der Waals surface area (Å²) >= 11 is 1.45. The van der Waals surface area contributed by atoms with Crippen molar-refractivity contribution in [3.8, 4) is 0 Å². The Morgan fingerprint density at radius 2 is 1.01 bits per heavy atom. The van der Waals surface area contributed by atoms with Crippen molar-refractivity contribution in [1.82, 2.24) is 52.3 Å². The molecular weight excluding hydrogens is 1250 g/mol. The zero-order valence-electron chi connectivity index (χ0n) is 54.5. The monoisotopic (exact) mass is 1350 g/mol. The molecule has 0 radical (unpaired) electrons. The number of aliphatic imine (C=N–C) groups is 1. The molecule has 0 bridgehead atoms. The molecule has 0 aromatic heterocycles. The fourth-order valence-corrected chi connectivity index (χ4v) is 11.5. The number of carbonyl (C=O) groups excluding carboxylic acids is 13. The first-order valence-corrected chi connectivity index (χ1v) is 33.6. The summed E-state index contributed by atoms with van der Waals surface area (Å²) in [5.41, 5.74) is 40.6. The number of thioether (sulfide) groups is 1. The molecule has 95 heavy (non-hydrogen) atoms. The highest BCUT2D eigenvalue weighted by Crippen LogP contribution is 2.24. The summed E-state index contributed by atoms with van der Waals surface area (Å²) in [5, 5.41) is 21.1. The molecule has 0 saturated carbocycles. The Labute approximate surface area is 558 Å². The number of hydrogen-bond donors (Lipinski definition) is 15. The van der Waals surface area contributed by atoms with Crippen molar-refractivity contribution in [3.05, 3.63) is 71.8 Å². The van der Waals surface area contributed by atoms with Crippen molar-refractivity contribution in [2.45, 2.75) is 183 Å². The van der Waals surface area contributed by atoms with Crippen LogP contribution >= 0.6 is 11.8 Å². The van der Waals surface area contributed by atoms with E-state index in [9.17, 15) is 62.3 Å². The van der Waals surface area contributed by atoms with Crippen molar-refractivity contribution in [3.63, 3.8) is 0 Å². The zero-order chi connectivity index (χ0) is 70.1. The first-order chi connectivity index (χ1) is 45.2. The van der Waals surface area contributed by atoms with Gasteiger partial charge in [-0.2, -0.15) is 11.8 Å². The van der Waals surface area contributed by atoms with Gasteiger partial charge in [-0.1, -0.05) is 74.5 Å². The van der Waals surface area contributed by atoms with Crippen LogP contribution in [0.1, 0.15) is 121 Å². The average molecular weight is 1350 g/mol. The standard InChI is InChI=1S/C63H98N18O13S/c1-37(2)33-45(57(89)74-41(53(68)85)27-32-95-3)73-52(84)36-72-54(86)46(34-38-15-6-4-7-16-38)78-58(90)47(35-39-17-8-5-9-18-39)79-56(88)42(23-25-50(66)82)75-55(87)43(24-26-51(67)83)76-59(91)49-22-14-31-81(49)62(94)44(20-10-11-28-64)77-60(92)48-21-13-30-80(48)61(93)40(65)19-12-29-71-63(69)70/h4-9,15-18,37,40-49H,10-14,19-36,64-65H2,1-3H3,(H2,66,82)(H2,67,83)(H2,68,85)(H,72,86)(H,73,84)(H,74,89)(H,75,87)(H,76,91)(H,77,92)(H,78,90)(H,79,88)(H4,69,70,71)/t40-,41-,42-,43+,44+,45+,46-,47+,48-,49+/m0/s1. The van der Waals surface area contributed by atoms with E-state index >= 15 is 0 Å². The van der Waals surface area contributed by atoms with Gasteiger partial charge in [0.2, 0.25) is 76.8 Å². The molecule has 0 unspecified atom stereocenters. The summed E-state index contributed by atoms with van der Waals surface area (Å²) in [6.45, 7) is 3.86. The summed E-state index contributed by atoms with van der Waals surface area (Å²) in [7, 11) is 0. The molecular formula is C63H98N18O13S. The maximum absolute atomic E-state index is 14.7. The smallest absolute Gasteiger partial charge is 0.245 e. The number of nitrogens with one attached hydrogen (secondary N) is 8. The van der Waals surface area contributed by atoms with Gasteiger partial charge in [0.25, 0.3) is 0 Å². The lowest BCUT2D eigenvalue weighted by molar-refractivity contribution is -0.144. The van der Waals surface area contributed by atoms with Crippen LogP contribution in [0.5, 0.6) is 0 Å². The first-order valence-electron chi connectivity index (χ1n) is 32.2. The molecule has 2 aliphatic heterocycles. The molecule has 10 atom stereocenters. The van der Waals surface area contributed by atoms with Crippen LogP contribution in [-0.2, 0) is 75.2 Å². The van der Waals surface area contributed by atoms with Crippen LogP contribution in [0.3, 0.4) is 0 Å². The number of guanidine groups is 1. The highest BCUT2D eigenvalue weighted by Gasteiger charge is 2.42. The molecule has 524 valence electrons. The fraction of sp³-hybridized carbons (Fsp3) is 0.587. The third-order valence-corrected chi connectivity index (χ3v) is 16.7. The average Bonchev–Trinajstić information content (AvgIpc) is 1.74. The molecule has 31 nitrogen and oxygen atoms in total. The van der Waals surface area contributed by atoms with E-state index in [-0.39, 0.29) is 83.0 Å². The molecule has 0 spiro atoms. The maximum atomic E-state index is 14.7. The number of likely N-dealkylation sites (tertiary alicyclic amines) is 2. The minimum atomic E-state index is -1.64. The van der Waals surface area contributed by atoms with Gasteiger partial charge in [0.15, 0.2) is 5.96 Å². The summed E-state index contributed by atoms with van der Waals surface area (Å²) in [5.74, 6) is -9.80. The molecule has 2 aliphatic rings. The Hall–Kier alpha value is -8.91. The lowest BCUT2D eigenvalue weighted by Crippen LogP contribution is -2.60. The van der Waals surface area contributed by atoms with Crippen molar-refractivity contribution in [2.24, 2.45) is 51.0 Å². The van der Waals surface area contributed by atoms with E-state index in [0.29, 0.717) is 55.4 Å². The molecule has 2 fully saturated rings. The molecule has 4 rings (SSSR count). The molecule has 2 aromatic carbocycles. The van der Waals surface area contributed by atoms with Gasteiger partial charge in [0.1, 0.15) is 54.4 Å². The van der Waals surface area contributed by atoms with Crippen LogP contribution in [0.15, 0.2) is 65.7 Å². The van der Waals surface area contributed by atoms with Crippen LogP contribution in [0.25, 0.3) is 0 Å². The van der Waals surface area contributed by atoms with Gasteiger partial charge in [-0.25, -0.2) is 0 Å². The number of rotatable bonds is 42. The molecule has 2 aromatic rings. The number of hydrogen-bond acceptors (Lipinski definition) is 17. The number of benzene rings is 2. The largest absolute Gasteiger partial charge is 0.370 e. The Bertz CT molecular complexity index is 2960. The number of nitrogens with zero attached hydrogens (tertiary/aromatic N) is 3. The molecule has 2 heterocycles. The summed E-state index contributed by atoms with van der Waals surface area (Å²) < 4.78 is 0. The second kappa shape index (κ2) is 41.0. The Morgan fingerprint density at radius 3 is 1.51 bits per heavy atom. The van der Waals surface area contributed by atoms with Crippen molar-refractivity contribution >= 4 is 94.5 Å². The number of unbranched alkanes of at least 4 members (excludes halogenated alkanes) is 1. The fourth-order valence-electron chi connectivity index (χ4n) is 11.0. The quantitative estimate of drug-likeness (QED) is 0.0173. The predicted octanol–water partition coefficient (Wildman–Crippen LogP) is -3.71. The number of nitrogens with two attached hydrogens (primary N) is 7. The lowest BCUT2D eigenvalue weighted by atomic mass is 10.0. The second-order valence-electron chi connectivity index (χ2n) is 24.1. The van der Waals surface area contributed by atoms with Gasteiger partial charge in [0, 0.05) is 45.3 Å². The van der Waals surface area contributed by atoms with Gasteiger partial charge in [0.05, 0.1) is 12.6 Å². The topological polar surface area (TPSA) is 519 Å². The van der Waals surface area contributed by atoms with E-state index in [1.54, 1.807) is 60.7 Å². The van der Waals surface area contributed by atoms with E-state index in [0.717, 1.165) is 0 Å². The molecule has 32 heteroatoms. The molecule has 22 N–H and O–H groups in total. The van der Waals surface area contributed by atoms with Gasteiger partial charge in [-0.05, 0) is 119 Å². The van der Waals surface area contributed by atoms with Crippen LogP contribution in [-0.4, -0.2) is 198 Å². The highest BCUT2D eigenvalue weighted by atomic mass is 32.2. The third-order valence-electron chi connectivity index (χ3n) is 16.0. The van der Waals surface area contributed by atoms with E-state index < -0.39 is 169 Å². The van der Waals surface area contributed by atoms with Crippen molar-refractivity contribution < 1.29 is 62.3 Å². The number of primary amides is 3. The van der Waals surface area contributed by atoms with E-state index in [1.807, 2.05) is 20.1 Å². The van der Waals surface area contributed by atoms with Crippen LogP contribution < -0.4 is 82.7 Å². The summed E-state index contributed by atoms with van der Waals surface area (Å²) in [6.07, 6.45) is 3.12. The van der Waals surface area contributed by atoms with Crippen molar-refractivity contribution in [2.75, 3.05) is 44.7 Å².